The summed E-state index contributed by atoms with van der Waals surface area (Å²) in [6.07, 6.45) is 0.433. The number of hydrogen-bond acceptors (Lipinski definition) is 2. The Bertz CT molecular complexity index is 161. The number of aliphatic hydroxyl groups excluding tert-OH is 1. The van der Waals surface area contributed by atoms with Gasteiger partial charge in [-0.05, 0) is 13.3 Å². The van der Waals surface area contributed by atoms with E-state index in [1.165, 1.54) is 0 Å². The lowest BCUT2D eigenvalue weighted by Gasteiger charge is -2.16. The molecule has 0 spiro atoms. The van der Waals surface area contributed by atoms with Gasteiger partial charge in [0.2, 0.25) is 5.91 Å². The van der Waals surface area contributed by atoms with Crippen LogP contribution in [-0.4, -0.2) is 39.9 Å². The number of carbonyl (C=O) groups excluding carboxylic acids is 1. The van der Waals surface area contributed by atoms with E-state index in [-0.39, 0.29) is 10.7 Å². The largest absolute Gasteiger partial charge is 0.392 e. The quantitative estimate of drug-likeness (QED) is 0.685. The summed E-state index contributed by atoms with van der Waals surface area (Å²) in [4.78, 5) is 12.9. The average molecular weight is 222 g/mol. The second-order valence-corrected chi connectivity index (χ2v) is 3.99. The van der Waals surface area contributed by atoms with Crippen LogP contribution < -0.4 is 0 Å². The van der Waals surface area contributed by atoms with Crippen molar-refractivity contribution in [1.82, 2.24) is 4.90 Å². The van der Waals surface area contributed by atoms with Crippen LogP contribution >= 0.6 is 15.9 Å². The van der Waals surface area contributed by atoms with Crippen molar-refractivity contribution < 1.29 is 9.90 Å². The van der Waals surface area contributed by atoms with Crippen LogP contribution in [0.1, 0.15) is 13.3 Å². The molecule has 0 aliphatic carbocycles. The number of halogens is 1. The first-order chi connectivity index (χ1) is 5.11. The Morgan fingerprint density at radius 2 is 2.55 bits per heavy atom. The third-order valence-corrected chi connectivity index (χ3v) is 2.57. The normalized spacial score (nSPS) is 27.7. The second kappa shape index (κ2) is 3.54. The maximum absolute atomic E-state index is 11.2. The van der Waals surface area contributed by atoms with Gasteiger partial charge in [-0.15, -0.1) is 0 Å². The fourth-order valence-electron chi connectivity index (χ4n) is 1.20. The van der Waals surface area contributed by atoms with E-state index in [1.54, 1.807) is 11.8 Å². The molecule has 1 heterocycles. The first-order valence-electron chi connectivity index (χ1n) is 3.72. The molecule has 1 saturated heterocycles. The number of hydrogen-bond donors (Lipinski definition) is 1. The standard InChI is InChI=1S/C7H12BrNO2/c1-5(10)4-9-3-2-6(8)7(9)11/h5-6,10H,2-4H2,1H3. The fourth-order valence-corrected chi connectivity index (χ4v) is 1.70. The van der Waals surface area contributed by atoms with Crippen LogP contribution in [0.15, 0.2) is 0 Å². The molecule has 2 unspecified atom stereocenters. The molecule has 3 nitrogen and oxygen atoms in total. The number of carbonyl (C=O) groups is 1. The van der Waals surface area contributed by atoms with Gasteiger partial charge >= 0.3 is 0 Å². The van der Waals surface area contributed by atoms with Crippen molar-refractivity contribution >= 4 is 21.8 Å². The number of β-amino-alcohol motifs (C(OH)–C–C–N with tert-alkyl or cyclic N) is 1. The van der Waals surface area contributed by atoms with E-state index >= 15 is 0 Å². The summed E-state index contributed by atoms with van der Waals surface area (Å²) < 4.78 is 0. The highest BCUT2D eigenvalue weighted by Crippen LogP contribution is 2.18. The first kappa shape index (κ1) is 9.00. The highest BCUT2D eigenvalue weighted by Gasteiger charge is 2.29. The predicted molar refractivity (Wildman–Crippen MR) is 45.6 cm³/mol. The summed E-state index contributed by atoms with van der Waals surface area (Å²) >= 11 is 3.26. The highest BCUT2D eigenvalue weighted by atomic mass is 79.9. The van der Waals surface area contributed by atoms with Gasteiger partial charge in [-0.1, -0.05) is 15.9 Å². The van der Waals surface area contributed by atoms with E-state index in [2.05, 4.69) is 15.9 Å². The zero-order valence-electron chi connectivity index (χ0n) is 6.46. The highest BCUT2D eigenvalue weighted by molar-refractivity contribution is 9.10. The van der Waals surface area contributed by atoms with Gasteiger partial charge in [-0.2, -0.15) is 0 Å². The lowest BCUT2D eigenvalue weighted by molar-refractivity contribution is -0.128. The number of alkyl halides is 1. The van der Waals surface area contributed by atoms with E-state index in [0.29, 0.717) is 6.54 Å². The average Bonchev–Trinajstić information content (AvgIpc) is 2.18. The monoisotopic (exact) mass is 221 g/mol. The Kier molecular flexibility index (Phi) is 2.90. The summed E-state index contributed by atoms with van der Waals surface area (Å²) in [5.41, 5.74) is 0. The third kappa shape index (κ3) is 2.17. The number of nitrogens with zero attached hydrogens (tertiary/aromatic N) is 1. The molecule has 0 aromatic carbocycles. The smallest absolute Gasteiger partial charge is 0.236 e. The Hall–Kier alpha value is -0.0900. The fraction of sp³-hybridized carbons (Fsp3) is 0.857. The van der Waals surface area contributed by atoms with E-state index in [9.17, 15) is 4.79 Å². The zero-order valence-corrected chi connectivity index (χ0v) is 8.04. The van der Waals surface area contributed by atoms with Crippen LogP contribution in [0, 0.1) is 0 Å². The predicted octanol–water partition coefficient (Wildman–Crippen LogP) is 0.363. The van der Waals surface area contributed by atoms with Crippen molar-refractivity contribution in [3.63, 3.8) is 0 Å². The van der Waals surface area contributed by atoms with Crippen LogP contribution in [0.25, 0.3) is 0 Å². The van der Waals surface area contributed by atoms with E-state index < -0.39 is 6.10 Å². The molecule has 4 heteroatoms. The van der Waals surface area contributed by atoms with Gasteiger partial charge in [0, 0.05) is 13.1 Å². The third-order valence-electron chi connectivity index (χ3n) is 1.72. The van der Waals surface area contributed by atoms with Gasteiger partial charge in [0.1, 0.15) is 0 Å². The number of amides is 1. The lowest BCUT2D eigenvalue weighted by atomic mass is 10.4. The first-order valence-corrected chi connectivity index (χ1v) is 4.63. The van der Waals surface area contributed by atoms with Gasteiger partial charge in [0.15, 0.2) is 0 Å². The number of rotatable bonds is 2. The molecule has 0 aromatic heterocycles. The van der Waals surface area contributed by atoms with Crippen molar-refractivity contribution in [3.8, 4) is 0 Å². The maximum atomic E-state index is 11.2. The second-order valence-electron chi connectivity index (χ2n) is 2.89. The van der Waals surface area contributed by atoms with Crippen molar-refractivity contribution in [3.05, 3.63) is 0 Å². The molecule has 1 fully saturated rings. The van der Waals surface area contributed by atoms with Crippen molar-refractivity contribution in [2.24, 2.45) is 0 Å². The molecule has 1 N–H and O–H groups in total. The molecule has 0 radical (unpaired) electrons. The van der Waals surface area contributed by atoms with E-state index in [4.69, 9.17) is 5.11 Å². The molecule has 1 amide bonds. The molecule has 0 bridgehead atoms. The molecule has 0 saturated carbocycles. The minimum absolute atomic E-state index is 0.0266. The Morgan fingerprint density at radius 3 is 2.91 bits per heavy atom. The zero-order chi connectivity index (χ0) is 8.43. The molecular formula is C7H12BrNO2. The maximum Gasteiger partial charge on any atom is 0.236 e. The Labute approximate surface area is 74.5 Å². The molecular weight excluding hydrogens is 210 g/mol. The van der Waals surface area contributed by atoms with Crippen molar-refractivity contribution in [2.45, 2.75) is 24.3 Å². The van der Waals surface area contributed by atoms with Gasteiger partial charge in [-0.25, -0.2) is 0 Å². The molecule has 2 atom stereocenters. The molecule has 1 aliphatic rings. The van der Waals surface area contributed by atoms with Crippen LogP contribution in [0.2, 0.25) is 0 Å². The lowest BCUT2D eigenvalue weighted by Crippen LogP contribution is -2.33. The van der Waals surface area contributed by atoms with Gasteiger partial charge in [0.25, 0.3) is 0 Å². The summed E-state index contributed by atoms with van der Waals surface area (Å²) in [5.74, 6) is 0.103. The van der Waals surface area contributed by atoms with Gasteiger partial charge in [-0.3, -0.25) is 4.79 Å². The summed E-state index contributed by atoms with van der Waals surface area (Å²) in [6, 6.07) is 0. The van der Waals surface area contributed by atoms with Gasteiger partial charge in [0.05, 0.1) is 10.9 Å². The SMILES string of the molecule is CC(O)CN1CCC(Br)C1=O. The Morgan fingerprint density at radius 1 is 1.91 bits per heavy atom. The van der Waals surface area contributed by atoms with Crippen LogP contribution in [0.4, 0.5) is 0 Å². The summed E-state index contributed by atoms with van der Waals surface area (Å²) in [7, 11) is 0. The number of aliphatic hydroxyl groups is 1. The van der Waals surface area contributed by atoms with E-state index in [0.717, 1.165) is 13.0 Å². The van der Waals surface area contributed by atoms with Crippen molar-refractivity contribution in [1.29, 1.82) is 0 Å². The molecule has 1 aliphatic heterocycles. The minimum Gasteiger partial charge on any atom is -0.392 e. The van der Waals surface area contributed by atoms with Crippen LogP contribution in [-0.2, 0) is 4.79 Å². The number of likely N-dealkylation sites (tertiary alicyclic amines) is 1. The van der Waals surface area contributed by atoms with Crippen LogP contribution in [0.5, 0.6) is 0 Å². The minimum atomic E-state index is -0.420. The summed E-state index contributed by atoms with van der Waals surface area (Å²) in [5, 5.41) is 9.01. The molecule has 1 rings (SSSR count). The van der Waals surface area contributed by atoms with E-state index in [1.807, 2.05) is 0 Å². The van der Waals surface area contributed by atoms with Crippen molar-refractivity contribution in [2.75, 3.05) is 13.1 Å². The van der Waals surface area contributed by atoms with Gasteiger partial charge < -0.3 is 10.0 Å². The van der Waals surface area contributed by atoms with Crippen LogP contribution in [0.3, 0.4) is 0 Å². The summed E-state index contributed by atoms with van der Waals surface area (Å²) in [6.45, 7) is 2.91. The molecule has 0 aromatic rings. The molecule has 64 valence electrons. The molecule has 11 heavy (non-hydrogen) atoms. The Balaban J connectivity index is 2.42. The topological polar surface area (TPSA) is 40.5 Å².